The fourth-order valence-electron chi connectivity index (χ4n) is 2.13. The summed E-state index contributed by atoms with van der Waals surface area (Å²) in [4.78, 5) is 21.9. The number of nitrogen functional groups attached to an aromatic ring is 2. The number of nitrogens with one attached hydrogen (secondary N) is 1. The number of nitrogens with zero attached hydrogens (tertiary/aromatic N) is 3. The van der Waals surface area contributed by atoms with Crippen LogP contribution < -0.4 is 16.8 Å². The van der Waals surface area contributed by atoms with Crippen molar-refractivity contribution in [2.45, 2.75) is 34.1 Å². The van der Waals surface area contributed by atoms with Crippen molar-refractivity contribution in [3.63, 3.8) is 0 Å². The fraction of sp³-hybridized carbons (Fsp3) is 0.450. The second kappa shape index (κ2) is 14.6. The molecule has 5 N–H and O–H groups in total. The van der Waals surface area contributed by atoms with Crippen LogP contribution in [-0.4, -0.2) is 47.5 Å². The van der Waals surface area contributed by atoms with Gasteiger partial charge in [-0.05, 0) is 19.0 Å². The molecule has 0 radical (unpaired) electrons. The predicted octanol–water partition coefficient (Wildman–Crippen LogP) is 3.25. The van der Waals surface area contributed by atoms with E-state index >= 15 is 0 Å². The Bertz CT molecular complexity index is 697. The summed E-state index contributed by atoms with van der Waals surface area (Å²) in [6.07, 6.45) is 0.956. The monoisotopic (exact) mass is 408 g/mol. The van der Waals surface area contributed by atoms with Gasteiger partial charge in [0, 0.05) is 19.6 Å². The molecule has 2 aromatic rings. The van der Waals surface area contributed by atoms with Crippen molar-refractivity contribution in [3.05, 3.63) is 46.7 Å². The Morgan fingerprint density at radius 2 is 1.64 bits per heavy atom. The van der Waals surface area contributed by atoms with Crippen molar-refractivity contribution in [3.8, 4) is 0 Å². The number of carbonyl (C=O) groups excluding carboxylic acids is 1. The first-order valence-electron chi connectivity index (χ1n) is 9.56. The number of amides is 1. The number of rotatable bonds is 7. The standard InChI is InChI=1S/C16H21ClN6O.2C2H6/c1-23(9-7-11-5-3-2-4-6-11)10-8-20-16(24)12-14(18)22-15(19)13(17)21-12;2*1-2/h2-6H,7-10H2,1H3,(H,20,24)(H4,18,19,22);2*1-2H3. The highest BCUT2D eigenvalue weighted by Gasteiger charge is 2.15. The Morgan fingerprint density at radius 3 is 2.25 bits per heavy atom. The number of aromatic nitrogens is 2. The Kier molecular flexibility index (Phi) is 13.4. The first-order chi connectivity index (χ1) is 13.5. The zero-order chi connectivity index (χ0) is 21.5. The van der Waals surface area contributed by atoms with Crippen LogP contribution in [-0.2, 0) is 6.42 Å². The Hall–Kier alpha value is -2.38. The van der Waals surface area contributed by atoms with Crippen molar-refractivity contribution in [1.82, 2.24) is 20.2 Å². The number of likely N-dealkylation sites (N-methyl/N-ethyl adjacent to an activating group) is 1. The van der Waals surface area contributed by atoms with Crippen molar-refractivity contribution in [2.24, 2.45) is 0 Å². The third-order valence-corrected chi connectivity index (χ3v) is 3.80. The normalized spacial score (nSPS) is 9.68. The van der Waals surface area contributed by atoms with E-state index in [-0.39, 0.29) is 22.5 Å². The lowest BCUT2D eigenvalue weighted by Crippen LogP contribution is -2.34. The Labute approximate surface area is 173 Å². The molecule has 28 heavy (non-hydrogen) atoms. The molecule has 1 heterocycles. The van der Waals surface area contributed by atoms with Crippen LogP contribution in [0.15, 0.2) is 30.3 Å². The van der Waals surface area contributed by atoms with Crippen LogP contribution in [0.25, 0.3) is 0 Å². The molecule has 2 rings (SSSR count). The number of hydrogen-bond donors (Lipinski definition) is 3. The van der Waals surface area contributed by atoms with E-state index in [2.05, 4.69) is 32.3 Å². The lowest BCUT2D eigenvalue weighted by atomic mass is 10.1. The number of anilines is 2. The van der Waals surface area contributed by atoms with E-state index in [1.54, 1.807) is 0 Å². The highest BCUT2D eigenvalue weighted by atomic mass is 35.5. The SMILES string of the molecule is CC.CC.CN(CCNC(=O)c1nc(Cl)c(N)nc1N)CCc1ccccc1. The minimum atomic E-state index is -0.418. The summed E-state index contributed by atoms with van der Waals surface area (Å²) in [5.41, 5.74) is 12.4. The zero-order valence-corrected chi connectivity index (χ0v) is 18.3. The van der Waals surface area contributed by atoms with E-state index in [1.165, 1.54) is 5.56 Å². The van der Waals surface area contributed by atoms with Crippen LogP contribution in [0.2, 0.25) is 5.15 Å². The number of nitrogens with two attached hydrogens (primary N) is 2. The minimum absolute atomic E-state index is 0.00589. The minimum Gasteiger partial charge on any atom is -0.382 e. The summed E-state index contributed by atoms with van der Waals surface area (Å²) < 4.78 is 0. The number of benzene rings is 1. The number of halogens is 1. The van der Waals surface area contributed by atoms with Crippen LogP contribution in [0, 0.1) is 0 Å². The fourth-order valence-corrected chi connectivity index (χ4v) is 2.26. The van der Waals surface area contributed by atoms with Gasteiger partial charge in [-0.2, -0.15) is 0 Å². The molecule has 0 saturated heterocycles. The molecule has 1 aromatic heterocycles. The van der Waals surface area contributed by atoms with Crippen molar-refractivity contribution in [1.29, 1.82) is 0 Å². The summed E-state index contributed by atoms with van der Waals surface area (Å²) in [5, 5.41) is 2.72. The molecule has 8 heteroatoms. The third-order valence-electron chi connectivity index (χ3n) is 3.52. The maximum absolute atomic E-state index is 12.1. The summed E-state index contributed by atoms with van der Waals surface area (Å²) in [6, 6.07) is 10.3. The van der Waals surface area contributed by atoms with Gasteiger partial charge >= 0.3 is 0 Å². The van der Waals surface area contributed by atoms with Gasteiger partial charge in [0.1, 0.15) is 0 Å². The summed E-state index contributed by atoms with van der Waals surface area (Å²) in [5.74, 6) is -0.448. The molecule has 0 atom stereocenters. The first-order valence-corrected chi connectivity index (χ1v) is 9.94. The molecule has 0 saturated carbocycles. The van der Waals surface area contributed by atoms with Gasteiger partial charge in [0.05, 0.1) is 0 Å². The molecule has 0 fully saturated rings. The molecule has 1 aromatic carbocycles. The lowest BCUT2D eigenvalue weighted by Gasteiger charge is -2.17. The Balaban J connectivity index is 0.00000171. The maximum atomic E-state index is 12.1. The molecule has 0 spiro atoms. The van der Waals surface area contributed by atoms with Gasteiger partial charge in [0.15, 0.2) is 22.5 Å². The van der Waals surface area contributed by atoms with Crippen LogP contribution in [0.1, 0.15) is 43.7 Å². The van der Waals surface area contributed by atoms with Crippen LogP contribution in [0.5, 0.6) is 0 Å². The van der Waals surface area contributed by atoms with E-state index in [9.17, 15) is 4.79 Å². The smallest absolute Gasteiger partial charge is 0.273 e. The van der Waals surface area contributed by atoms with Gasteiger partial charge in [-0.1, -0.05) is 69.6 Å². The molecule has 0 aliphatic carbocycles. The molecule has 0 unspecified atom stereocenters. The van der Waals surface area contributed by atoms with Gasteiger partial charge in [0.25, 0.3) is 5.91 Å². The van der Waals surface area contributed by atoms with Crippen LogP contribution in [0.3, 0.4) is 0 Å². The van der Waals surface area contributed by atoms with Gasteiger partial charge < -0.3 is 21.7 Å². The number of hydrogen-bond acceptors (Lipinski definition) is 6. The molecule has 156 valence electrons. The van der Waals surface area contributed by atoms with Gasteiger partial charge in [-0.25, -0.2) is 9.97 Å². The van der Waals surface area contributed by atoms with Gasteiger partial charge in [-0.15, -0.1) is 0 Å². The summed E-state index contributed by atoms with van der Waals surface area (Å²) in [7, 11) is 2.00. The second-order valence-electron chi connectivity index (χ2n) is 5.43. The molecule has 7 nitrogen and oxygen atoms in total. The average molecular weight is 409 g/mol. The highest BCUT2D eigenvalue weighted by molar-refractivity contribution is 6.31. The summed E-state index contributed by atoms with van der Waals surface area (Å²) in [6.45, 7) is 10.1. The van der Waals surface area contributed by atoms with E-state index < -0.39 is 5.91 Å². The summed E-state index contributed by atoms with van der Waals surface area (Å²) >= 11 is 5.77. The molecule has 0 bridgehead atoms. The zero-order valence-electron chi connectivity index (χ0n) is 17.5. The lowest BCUT2D eigenvalue weighted by molar-refractivity contribution is 0.0945. The van der Waals surface area contributed by atoms with E-state index in [4.69, 9.17) is 23.1 Å². The topological polar surface area (TPSA) is 110 Å². The average Bonchev–Trinajstić information content (AvgIpc) is 2.73. The van der Waals surface area contributed by atoms with E-state index in [0.717, 1.165) is 13.0 Å². The van der Waals surface area contributed by atoms with E-state index in [0.29, 0.717) is 13.1 Å². The quantitative estimate of drug-likeness (QED) is 0.648. The van der Waals surface area contributed by atoms with Crippen molar-refractivity contribution in [2.75, 3.05) is 38.1 Å². The molecular formula is C20H33ClN6O. The second-order valence-corrected chi connectivity index (χ2v) is 5.79. The maximum Gasteiger partial charge on any atom is 0.273 e. The first kappa shape index (κ1) is 25.6. The van der Waals surface area contributed by atoms with Crippen molar-refractivity contribution >= 4 is 29.1 Å². The van der Waals surface area contributed by atoms with E-state index in [1.807, 2.05) is 52.9 Å². The Morgan fingerprint density at radius 1 is 1.04 bits per heavy atom. The molecule has 0 aliphatic heterocycles. The van der Waals surface area contributed by atoms with Crippen LogP contribution >= 0.6 is 11.6 Å². The predicted molar refractivity (Wildman–Crippen MR) is 119 cm³/mol. The van der Waals surface area contributed by atoms with Gasteiger partial charge in [-0.3, -0.25) is 4.79 Å². The number of carbonyl (C=O) groups is 1. The highest BCUT2D eigenvalue weighted by Crippen LogP contribution is 2.17. The molecular weight excluding hydrogens is 376 g/mol. The largest absolute Gasteiger partial charge is 0.382 e. The molecule has 1 amide bonds. The third kappa shape index (κ3) is 9.01. The van der Waals surface area contributed by atoms with Crippen molar-refractivity contribution < 1.29 is 4.79 Å². The molecule has 0 aliphatic rings. The van der Waals surface area contributed by atoms with Gasteiger partial charge in [0.2, 0.25) is 0 Å². The van der Waals surface area contributed by atoms with Crippen LogP contribution in [0.4, 0.5) is 11.6 Å².